The highest BCUT2D eigenvalue weighted by atomic mass is 35.5. The number of hydrogen-bond donors (Lipinski definition) is 1. The minimum absolute atomic E-state index is 0.708. The van der Waals surface area contributed by atoms with Gasteiger partial charge in [0, 0.05) is 5.02 Å². The highest BCUT2D eigenvalue weighted by molar-refractivity contribution is 6.30. The van der Waals surface area contributed by atoms with Crippen molar-refractivity contribution in [1.82, 2.24) is 5.32 Å². The van der Waals surface area contributed by atoms with E-state index in [1.807, 2.05) is 6.07 Å². The van der Waals surface area contributed by atoms with E-state index in [1.165, 1.54) is 24.8 Å². The molecule has 0 saturated heterocycles. The molecule has 0 fully saturated rings. The lowest BCUT2D eigenvalue weighted by atomic mass is 9.83. The molecular weight excluding hydrogens is 254 g/mol. The van der Waals surface area contributed by atoms with Crippen LogP contribution in [-0.2, 0) is 6.42 Å². The quantitative estimate of drug-likeness (QED) is 0.633. The summed E-state index contributed by atoms with van der Waals surface area (Å²) in [4.78, 5) is 0. The first kappa shape index (κ1) is 16.5. The van der Waals surface area contributed by atoms with Gasteiger partial charge in [-0.05, 0) is 55.5 Å². The van der Waals surface area contributed by atoms with Gasteiger partial charge in [0.1, 0.15) is 0 Å². The van der Waals surface area contributed by atoms with E-state index < -0.39 is 0 Å². The molecule has 19 heavy (non-hydrogen) atoms. The van der Waals surface area contributed by atoms with Gasteiger partial charge in [0.15, 0.2) is 0 Å². The number of rotatable bonds is 9. The van der Waals surface area contributed by atoms with Crippen molar-refractivity contribution < 1.29 is 0 Å². The average molecular weight is 282 g/mol. The molecule has 108 valence electrons. The van der Waals surface area contributed by atoms with E-state index in [1.54, 1.807) is 0 Å². The Hall–Kier alpha value is -0.530. The second kappa shape index (κ2) is 9.39. The largest absolute Gasteiger partial charge is 0.316 e. The number of hydrogen-bond acceptors (Lipinski definition) is 1. The fourth-order valence-corrected chi connectivity index (χ4v) is 3.00. The molecule has 2 heteroatoms. The Labute approximate surface area is 123 Å². The van der Waals surface area contributed by atoms with Crippen LogP contribution in [0.2, 0.25) is 5.02 Å². The number of benzene rings is 1. The first-order valence-corrected chi connectivity index (χ1v) is 8.04. The van der Waals surface area contributed by atoms with Crippen molar-refractivity contribution in [2.45, 2.75) is 46.5 Å². The van der Waals surface area contributed by atoms with Gasteiger partial charge in [-0.1, -0.05) is 57.3 Å². The van der Waals surface area contributed by atoms with Crippen LogP contribution in [0, 0.1) is 11.8 Å². The molecular formula is C17H28ClN. The van der Waals surface area contributed by atoms with Gasteiger partial charge in [0.25, 0.3) is 0 Å². The zero-order valence-electron chi connectivity index (χ0n) is 12.6. The predicted octanol–water partition coefficient (Wildman–Crippen LogP) is 4.93. The summed E-state index contributed by atoms with van der Waals surface area (Å²) in [5.74, 6) is 1.50. The first-order valence-electron chi connectivity index (χ1n) is 7.66. The minimum Gasteiger partial charge on any atom is -0.316 e. The molecule has 0 aliphatic rings. The molecule has 1 unspecified atom stereocenters. The van der Waals surface area contributed by atoms with Crippen molar-refractivity contribution in [3.05, 3.63) is 34.9 Å². The minimum atomic E-state index is 0.708. The van der Waals surface area contributed by atoms with Gasteiger partial charge in [-0.15, -0.1) is 0 Å². The molecule has 0 heterocycles. The van der Waals surface area contributed by atoms with Gasteiger partial charge in [0.05, 0.1) is 0 Å². The maximum atomic E-state index is 6.09. The highest BCUT2D eigenvalue weighted by Crippen LogP contribution is 2.24. The zero-order valence-corrected chi connectivity index (χ0v) is 13.3. The van der Waals surface area contributed by atoms with Crippen LogP contribution >= 0.6 is 11.6 Å². The summed E-state index contributed by atoms with van der Waals surface area (Å²) in [6, 6.07) is 8.31. The van der Waals surface area contributed by atoms with Gasteiger partial charge in [0.2, 0.25) is 0 Å². The molecule has 0 radical (unpaired) electrons. The van der Waals surface area contributed by atoms with Crippen LogP contribution in [-0.4, -0.2) is 13.1 Å². The summed E-state index contributed by atoms with van der Waals surface area (Å²) >= 11 is 6.09. The molecule has 0 spiro atoms. The lowest BCUT2D eigenvalue weighted by Crippen LogP contribution is -2.30. The van der Waals surface area contributed by atoms with E-state index in [9.17, 15) is 0 Å². The van der Waals surface area contributed by atoms with E-state index in [4.69, 9.17) is 11.6 Å². The fraction of sp³-hybridized carbons (Fsp3) is 0.647. The highest BCUT2D eigenvalue weighted by Gasteiger charge is 2.18. The van der Waals surface area contributed by atoms with Crippen LogP contribution in [0.25, 0.3) is 0 Å². The Morgan fingerprint density at radius 1 is 1.11 bits per heavy atom. The van der Waals surface area contributed by atoms with Crippen molar-refractivity contribution in [3.63, 3.8) is 0 Å². The van der Waals surface area contributed by atoms with E-state index in [-0.39, 0.29) is 0 Å². The van der Waals surface area contributed by atoms with Crippen LogP contribution in [0.15, 0.2) is 24.3 Å². The average Bonchev–Trinajstić information content (AvgIpc) is 2.40. The van der Waals surface area contributed by atoms with Gasteiger partial charge < -0.3 is 5.32 Å². The predicted molar refractivity (Wildman–Crippen MR) is 85.9 cm³/mol. The molecule has 0 bridgehead atoms. The molecule has 1 aromatic rings. The smallest absolute Gasteiger partial charge is 0.0408 e. The molecule has 0 aliphatic carbocycles. The third-order valence-corrected chi connectivity index (χ3v) is 4.17. The molecule has 0 aromatic heterocycles. The topological polar surface area (TPSA) is 12.0 Å². The summed E-state index contributed by atoms with van der Waals surface area (Å²) < 4.78 is 0. The van der Waals surface area contributed by atoms with Crippen molar-refractivity contribution in [1.29, 1.82) is 0 Å². The third-order valence-electron chi connectivity index (χ3n) is 3.94. The van der Waals surface area contributed by atoms with Crippen molar-refractivity contribution >= 4 is 11.6 Å². The SMILES string of the molecule is CCCNCC(Cc1cccc(Cl)c1)C(CC)CC. The van der Waals surface area contributed by atoms with Crippen LogP contribution in [0.3, 0.4) is 0 Å². The number of halogens is 1. The maximum absolute atomic E-state index is 6.09. The Kier molecular flexibility index (Phi) is 8.16. The molecule has 1 nitrogen and oxygen atoms in total. The Morgan fingerprint density at radius 3 is 2.42 bits per heavy atom. The van der Waals surface area contributed by atoms with Crippen molar-refractivity contribution in [3.8, 4) is 0 Å². The van der Waals surface area contributed by atoms with E-state index in [0.717, 1.165) is 30.5 Å². The molecule has 1 atom stereocenters. The van der Waals surface area contributed by atoms with E-state index in [2.05, 4.69) is 44.3 Å². The molecule has 0 aliphatic heterocycles. The van der Waals surface area contributed by atoms with Crippen LogP contribution in [0.1, 0.15) is 45.6 Å². The summed E-state index contributed by atoms with van der Waals surface area (Å²) in [7, 11) is 0. The molecule has 0 saturated carbocycles. The Balaban J connectivity index is 2.66. The van der Waals surface area contributed by atoms with E-state index in [0.29, 0.717) is 5.92 Å². The fourth-order valence-electron chi connectivity index (χ4n) is 2.79. The standard InChI is InChI=1S/C17H28ClN/c1-4-10-19-13-16(15(5-2)6-3)11-14-8-7-9-17(18)12-14/h7-9,12,15-16,19H,4-6,10-11,13H2,1-3H3. The van der Waals surface area contributed by atoms with Crippen molar-refractivity contribution in [2.24, 2.45) is 11.8 Å². The van der Waals surface area contributed by atoms with Crippen molar-refractivity contribution in [2.75, 3.05) is 13.1 Å². The lowest BCUT2D eigenvalue weighted by Gasteiger charge is -2.26. The maximum Gasteiger partial charge on any atom is 0.0408 e. The molecule has 1 N–H and O–H groups in total. The van der Waals surface area contributed by atoms with Gasteiger partial charge in [-0.25, -0.2) is 0 Å². The van der Waals surface area contributed by atoms with Gasteiger partial charge in [-0.3, -0.25) is 0 Å². The first-order chi connectivity index (χ1) is 9.21. The van der Waals surface area contributed by atoms with E-state index >= 15 is 0 Å². The van der Waals surface area contributed by atoms with Crippen LogP contribution in [0.4, 0.5) is 0 Å². The zero-order chi connectivity index (χ0) is 14.1. The molecule has 1 rings (SSSR count). The van der Waals surface area contributed by atoms with Crippen LogP contribution in [0.5, 0.6) is 0 Å². The number of nitrogens with one attached hydrogen (secondary N) is 1. The van der Waals surface area contributed by atoms with Gasteiger partial charge >= 0.3 is 0 Å². The Bertz CT molecular complexity index is 347. The normalized spacial score (nSPS) is 12.9. The Morgan fingerprint density at radius 2 is 1.84 bits per heavy atom. The third kappa shape index (κ3) is 5.97. The second-order valence-corrected chi connectivity index (χ2v) is 5.81. The van der Waals surface area contributed by atoms with Gasteiger partial charge in [-0.2, -0.15) is 0 Å². The van der Waals surface area contributed by atoms with Crippen LogP contribution < -0.4 is 5.32 Å². The monoisotopic (exact) mass is 281 g/mol. The lowest BCUT2D eigenvalue weighted by molar-refractivity contribution is 0.298. The summed E-state index contributed by atoms with van der Waals surface area (Å²) in [5.41, 5.74) is 1.36. The summed E-state index contributed by atoms with van der Waals surface area (Å²) in [6.07, 6.45) is 4.85. The second-order valence-electron chi connectivity index (χ2n) is 5.37. The summed E-state index contributed by atoms with van der Waals surface area (Å²) in [5, 5.41) is 4.44. The molecule has 1 aromatic carbocycles. The summed E-state index contributed by atoms with van der Waals surface area (Å²) in [6.45, 7) is 9.06. The molecule has 0 amide bonds.